The molecule has 3 aliphatic heterocycles. The van der Waals surface area contributed by atoms with Crippen LogP contribution < -0.4 is 0 Å². The minimum atomic E-state index is 0.0300. The maximum atomic E-state index is 12.8. The molecule has 28 heavy (non-hydrogen) atoms. The van der Waals surface area contributed by atoms with Crippen molar-refractivity contribution < 1.29 is 14.3 Å². The third-order valence-electron chi connectivity index (χ3n) is 6.57. The minimum Gasteiger partial charge on any atom is -0.376 e. The first-order valence-corrected chi connectivity index (χ1v) is 10.3. The zero-order valence-corrected chi connectivity index (χ0v) is 16.2. The molecule has 1 aromatic rings. The Morgan fingerprint density at radius 3 is 2.61 bits per heavy atom. The van der Waals surface area contributed by atoms with E-state index in [9.17, 15) is 9.59 Å². The predicted molar refractivity (Wildman–Crippen MR) is 104 cm³/mol. The molecule has 4 rings (SSSR count). The third kappa shape index (κ3) is 3.90. The third-order valence-corrected chi connectivity index (χ3v) is 6.57. The molecule has 148 valence electrons. The largest absolute Gasteiger partial charge is 0.376 e. The lowest BCUT2D eigenvalue weighted by molar-refractivity contribution is -0.141. The Labute approximate surface area is 166 Å². The van der Waals surface area contributed by atoms with Gasteiger partial charge in [-0.3, -0.25) is 9.59 Å². The number of piperidine rings is 2. The Bertz CT molecular complexity index is 769. The molecule has 1 spiro atoms. The fraction of sp³-hybridized carbons (Fsp3) is 0.591. The molecular weight excluding hydrogens is 354 g/mol. The van der Waals surface area contributed by atoms with E-state index in [-0.39, 0.29) is 23.3 Å². The van der Waals surface area contributed by atoms with Crippen LogP contribution >= 0.6 is 0 Å². The molecule has 0 bridgehead atoms. The Morgan fingerprint density at radius 2 is 1.96 bits per heavy atom. The van der Waals surface area contributed by atoms with E-state index in [1.54, 1.807) is 24.3 Å². The van der Waals surface area contributed by atoms with Gasteiger partial charge in [-0.15, -0.1) is 0 Å². The highest BCUT2D eigenvalue weighted by atomic mass is 16.5. The van der Waals surface area contributed by atoms with Gasteiger partial charge in [0.25, 0.3) is 5.91 Å². The lowest BCUT2D eigenvalue weighted by Gasteiger charge is -2.47. The van der Waals surface area contributed by atoms with E-state index in [0.29, 0.717) is 24.1 Å². The van der Waals surface area contributed by atoms with Gasteiger partial charge in [-0.05, 0) is 61.8 Å². The molecule has 2 amide bonds. The molecule has 1 aromatic carbocycles. The summed E-state index contributed by atoms with van der Waals surface area (Å²) in [4.78, 5) is 29.1. The van der Waals surface area contributed by atoms with Gasteiger partial charge in [-0.1, -0.05) is 0 Å². The summed E-state index contributed by atoms with van der Waals surface area (Å²) >= 11 is 0. The predicted octanol–water partition coefficient (Wildman–Crippen LogP) is 2.58. The lowest BCUT2D eigenvalue weighted by atomic mass is 9.72. The van der Waals surface area contributed by atoms with Crippen LogP contribution in [0.4, 0.5) is 0 Å². The maximum Gasteiger partial charge on any atom is 0.253 e. The van der Waals surface area contributed by atoms with Crippen molar-refractivity contribution in [2.24, 2.45) is 5.41 Å². The number of nitrogens with zero attached hydrogens (tertiary/aromatic N) is 3. The number of rotatable bonds is 3. The normalized spacial score (nSPS) is 24.4. The van der Waals surface area contributed by atoms with Gasteiger partial charge in [0, 0.05) is 44.8 Å². The first kappa shape index (κ1) is 18.9. The summed E-state index contributed by atoms with van der Waals surface area (Å²) in [6.07, 6.45) is 5.73. The van der Waals surface area contributed by atoms with E-state index >= 15 is 0 Å². The highest BCUT2D eigenvalue weighted by Gasteiger charge is 2.42. The van der Waals surface area contributed by atoms with E-state index in [1.807, 2.05) is 9.80 Å². The summed E-state index contributed by atoms with van der Waals surface area (Å²) in [6, 6.07) is 8.92. The number of hydrogen-bond donors (Lipinski definition) is 0. The highest BCUT2D eigenvalue weighted by Crippen LogP contribution is 2.40. The van der Waals surface area contributed by atoms with E-state index in [2.05, 4.69) is 6.07 Å². The standard InChI is InChI=1S/C22H27N3O3/c23-14-17-3-5-18(6-4-17)21(27)24-11-9-22(10-12-24)8-7-20(26)25(16-22)15-19-2-1-13-28-19/h3-6,19H,1-2,7-13,15-16H2. The number of nitriles is 1. The molecule has 6 heteroatoms. The van der Waals surface area contributed by atoms with Crippen molar-refractivity contribution >= 4 is 11.8 Å². The average Bonchev–Trinajstić information content (AvgIpc) is 3.24. The summed E-state index contributed by atoms with van der Waals surface area (Å²) in [7, 11) is 0. The quantitative estimate of drug-likeness (QED) is 0.807. The van der Waals surface area contributed by atoms with Crippen LogP contribution in [0, 0.1) is 16.7 Å². The van der Waals surface area contributed by atoms with Gasteiger partial charge in [0.05, 0.1) is 17.7 Å². The molecule has 0 radical (unpaired) electrons. The first-order valence-electron chi connectivity index (χ1n) is 10.3. The summed E-state index contributed by atoms with van der Waals surface area (Å²) in [6.45, 7) is 3.77. The van der Waals surface area contributed by atoms with Crippen LogP contribution in [-0.4, -0.2) is 60.5 Å². The second-order valence-electron chi connectivity index (χ2n) is 8.39. The second-order valence-corrected chi connectivity index (χ2v) is 8.39. The zero-order chi connectivity index (χ0) is 19.6. The highest BCUT2D eigenvalue weighted by molar-refractivity contribution is 5.94. The summed E-state index contributed by atoms with van der Waals surface area (Å²) in [5, 5.41) is 8.91. The Kier molecular flexibility index (Phi) is 5.36. The van der Waals surface area contributed by atoms with Crippen molar-refractivity contribution in [3.63, 3.8) is 0 Å². The monoisotopic (exact) mass is 381 g/mol. The van der Waals surface area contributed by atoms with Crippen molar-refractivity contribution in [3.05, 3.63) is 35.4 Å². The summed E-state index contributed by atoms with van der Waals surface area (Å²) in [5.41, 5.74) is 1.33. The topological polar surface area (TPSA) is 73.6 Å². The van der Waals surface area contributed by atoms with E-state index in [4.69, 9.17) is 10.00 Å². The number of carbonyl (C=O) groups excluding carboxylic acids is 2. The van der Waals surface area contributed by atoms with Crippen LogP contribution in [0.25, 0.3) is 0 Å². The van der Waals surface area contributed by atoms with Crippen molar-refractivity contribution in [2.75, 3.05) is 32.8 Å². The maximum absolute atomic E-state index is 12.8. The average molecular weight is 381 g/mol. The Balaban J connectivity index is 1.36. The Hall–Kier alpha value is -2.39. The van der Waals surface area contributed by atoms with Crippen molar-refractivity contribution in [2.45, 2.75) is 44.6 Å². The second kappa shape index (κ2) is 7.92. The number of likely N-dealkylation sites (tertiary alicyclic amines) is 2. The van der Waals surface area contributed by atoms with Crippen LogP contribution in [0.15, 0.2) is 24.3 Å². The number of benzene rings is 1. The fourth-order valence-corrected chi connectivity index (χ4v) is 4.77. The van der Waals surface area contributed by atoms with Crippen LogP contribution in [0.5, 0.6) is 0 Å². The van der Waals surface area contributed by atoms with Gasteiger partial charge >= 0.3 is 0 Å². The van der Waals surface area contributed by atoms with E-state index < -0.39 is 0 Å². The number of ether oxygens (including phenoxy) is 1. The van der Waals surface area contributed by atoms with Crippen molar-refractivity contribution in [1.82, 2.24) is 9.80 Å². The molecule has 3 heterocycles. The molecule has 0 aliphatic carbocycles. The van der Waals surface area contributed by atoms with Gasteiger partial charge in [0.2, 0.25) is 5.91 Å². The molecule has 3 fully saturated rings. The number of amides is 2. The van der Waals surface area contributed by atoms with Gasteiger partial charge in [0.15, 0.2) is 0 Å². The zero-order valence-electron chi connectivity index (χ0n) is 16.2. The van der Waals surface area contributed by atoms with Gasteiger partial charge in [0.1, 0.15) is 0 Å². The smallest absolute Gasteiger partial charge is 0.253 e. The van der Waals surface area contributed by atoms with Gasteiger partial charge < -0.3 is 14.5 Å². The summed E-state index contributed by atoms with van der Waals surface area (Å²) in [5.74, 6) is 0.277. The van der Waals surface area contributed by atoms with Gasteiger partial charge in [-0.25, -0.2) is 0 Å². The number of carbonyl (C=O) groups is 2. The molecule has 0 saturated carbocycles. The van der Waals surface area contributed by atoms with Crippen molar-refractivity contribution in [3.8, 4) is 6.07 Å². The van der Waals surface area contributed by atoms with Crippen LogP contribution in [0.1, 0.15) is 54.4 Å². The van der Waals surface area contributed by atoms with Crippen molar-refractivity contribution in [1.29, 1.82) is 5.26 Å². The number of hydrogen-bond acceptors (Lipinski definition) is 4. The SMILES string of the molecule is N#Cc1ccc(C(=O)N2CCC3(CCC(=O)N(CC4CCCO4)C3)CC2)cc1. The Morgan fingerprint density at radius 1 is 1.21 bits per heavy atom. The molecule has 6 nitrogen and oxygen atoms in total. The van der Waals surface area contributed by atoms with Gasteiger partial charge in [-0.2, -0.15) is 5.26 Å². The van der Waals surface area contributed by atoms with Crippen LogP contribution in [-0.2, 0) is 9.53 Å². The van der Waals surface area contributed by atoms with Crippen LogP contribution in [0.3, 0.4) is 0 Å². The summed E-state index contributed by atoms with van der Waals surface area (Å²) < 4.78 is 5.73. The molecule has 3 aliphatic rings. The first-order chi connectivity index (χ1) is 13.6. The van der Waals surface area contributed by atoms with E-state index in [0.717, 1.165) is 58.3 Å². The molecule has 1 atom stereocenters. The fourth-order valence-electron chi connectivity index (χ4n) is 4.77. The molecule has 3 saturated heterocycles. The molecule has 0 aromatic heterocycles. The minimum absolute atomic E-state index is 0.0300. The van der Waals surface area contributed by atoms with Crippen LogP contribution in [0.2, 0.25) is 0 Å². The lowest BCUT2D eigenvalue weighted by Crippen LogP contribution is -2.53. The van der Waals surface area contributed by atoms with E-state index in [1.165, 1.54) is 0 Å². The molecule has 1 unspecified atom stereocenters. The molecular formula is C22H27N3O3. The molecule has 0 N–H and O–H groups in total.